The zero-order chi connectivity index (χ0) is 7.28. The van der Waals surface area contributed by atoms with Crippen molar-refractivity contribution in [3.8, 4) is 0 Å². The third kappa shape index (κ3) is 5.75. The number of alkyl halides is 1. The first-order valence-corrected chi connectivity index (χ1v) is 3.88. The minimum atomic E-state index is -1.98. The van der Waals surface area contributed by atoms with Gasteiger partial charge in [-0.2, -0.15) is 0 Å². The molecule has 0 rings (SSSR count). The maximum Gasteiger partial charge on any atom is 0.235 e. The van der Waals surface area contributed by atoms with Gasteiger partial charge in [0.15, 0.2) is 11.1 Å². The summed E-state index contributed by atoms with van der Waals surface area (Å²) in [6, 6.07) is 0. The molecule has 1 amide bonds. The fourth-order valence-corrected chi connectivity index (χ4v) is 0.568. The second kappa shape index (κ2) is 4.72. The predicted octanol–water partition coefficient (Wildman–Crippen LogP) is -0.479. The maximum atomic E-state index is 10.2. The van der Waals surface area contributed by atoms with Crippen molar-refractivity contribution in [3.05, 3.63) is 0 Å². The summed E-state index contributed by atoms with van der Waals surface area (Å²) in [7, 11) is 0. The van der Waals surface area contributed by atoms with E-state index in [1.807, 2.05) is 0 Å². The molecule has 0 aliphatic carbocycles. The molecule has 0 saturated heterocycles. The topological polar surface area (TPSA) is 66.4 Å². The molecule has 0 fully saturated rings. The lowest BCUT2D eigenvalue weighted by atomic mass is 10.7. The molecular weight excluding hydrogens is 166 g/mol. The van der Waals surface area contributed by atoms with Crippen LogP contribution in [0.2, 0.25) is 0 Å². The summed E-state index contributed by atoms with van der Waals surface area (Å²) in [5.74, 6) is -0.887. The van der Waals surface area contributed by atoms with Gasteiger partial charge in [-0.25, -0.2) is 4.21 Å². The molecule has 1 unspecified atom stereocenters. The number of hydrogen-bond donors (Lipinski definition) is 2. The molecule has 0 aliphatic heterocycles. The summed E-state index contributed by atoms with van der Waals surface area (Å²) in [5, 5.41) is 2.11. The molecule has 0 aromatic rings. The van der Waals surface area contributed by atoms with Crippen LogP contribution in [0.1, 0.15) is 0 Å². The van der Waals surface area contributed by atoms with Crippen molar-refractivity contribution in [1.29, 1.82) is 0 Å². The van der Waals surface area contributed by atoms with Gasteiger partial charge >= 0.3 is 0 Å². The fraction of sp³-hybridized carbons (Fsp3) is 0.667. The maximum absolute atomic E-state index is 10.2. The molecule has 0 bridgehead atoms. The molecule has 0 saturated carbocycles. The highest BCUT2D eigenvalue weighted by Gasteiger charge is 1.97. The average Bonchev–Trinajstić information content (AvgIpc) is 1.83. The van der Waals surface area contributed by atoms with Crippen LogP contribution in [0.15, 0.2) is 0 Å². The van der Waals surface area contributed by atoms with Crippen LogP contribution >= 0.6 is 11.6 Å². The van der Waals surface area contributed by atoms with Gasteiger partial charge in [0.2, 0.25) is 5.91 Å². The lowest BCUT2D eigenvalue weighted by molar-refractivity contribution is -0.118. The number of hydrogen-bond acceptors (Lipinski definition) is 2. The highest BCUT2D eigenvalue weighted by Crippen LogP contribution is 1.74. The normalized spacial score (nSPS) is 12.7. The van der Waals surface area contributed by atoms with Gasteiger partial charge < -0.3 is 9.87 Å². The lowest BCUT2D eigenvalue weighted by Crippen LogP contribution is -2.27. The van der Waals surface area contributed by atoms with Gasteiger partial charge in [-0.3, -0.25) is 4.79 Å². The zero-order valence-electron chi connectivity index (χ0n) is 4.46. The van der Waals surface area contributed by atoms with Crippen molar-refractivity contribution in [1.82, 2.24) is 5.32 Å². The second-order valence-corrected chi connectivity index (χ2v) is 2.40. The quantitative estimate of drug-likeness (QED) is 0.445. The Kier molecular flexibility index (Phi) is 4.65. The van der Waals surface area contributed by atoms with Gasteiger partial charge in [-0.15, -0.1) is 11.6 Å². The molecule has 54 valence electrons. The lowest BCUT2D eigenvalue weighted by Gasteiger charge is -1.95. The number of carbonyl (C=O) groups excluding carboxylic acids is 1. The van der Waals surface area contributed by atoms with E-state index in [4.69, 9.17) is 16.2 Å². The van der Waals surface area contributed by atoms with Crippen LogP contribution in [-0.4, -0.2) is 26.4 Å². The van der Waals surface area contributed by atoms with E-state index < -0.39 is 17.0 Å². The predicted molar refractivity (Wildman–Crippen MR) is 34.5 cm³/mol. The van der Waals surface area contributed by atoms with Crippen LogP contribution in [-0.2, 0) is 15.9 Å². The van der Waals surface area contributed by atoms with E-state index in [1.165, 1.54) is 0 Å². The Balaban J connectivity index is 3.28. The highest BCUT2D eigenvalue weighted by atomic mass is 35.5. The number of rotatable bonds is 3. The second-order valence-electron chi connectivity index (χ2n) is 1.20. The van der Waals surface area contributed by atoms with Crippen LogP contribution < -0.4 is 5.32 Å². The third-order valence-corrected chi connectivity index (χ3v) is 1.15. The Morgan fingerprint density at radius 1 is 1.78 bits per heavy atom. The van der Waals surface area contributed by atoms with Crippen molar-refractivity contribution in [2.24, 2.45) is 0 Å². The largest absolute Gasteiger partial charge is 0.341 e. The van der Waals surface area contributed by atoms with E-state index in [0.29, 0.717) is 0 Å². The monoisotopic (exact) mass is 171 g/mol. The van der Waals surface area contributed by atoms with Crippen molar-refractivity contribution >= 4 is 28.6 Å². The first-order chi connectivity index (χ1) is 4.16. The standard InChI is InChI=1S/C3H6ClNO3S/c4-1-3(6)5-2-9(7)8/h1-2H2,(H,5,6)(H,7,8). The van der Waals surface area contributed by atoms with E-state index in [2.05, 4.69) is 5.32 Å². The van der Waals surface area contributed by atoms with E-state index in [-0.39, 0.29) is 11.8 Å². The number of nitrogens with one attached hydrogen (secondary N) is 1. The van der Waals surface area contributed by atoms with E-state index >= 15 is 0 Å². The van der Waals surface area contributed by atoms with Gasteiger partial charge in [-0.05, 0) is 0 Å². The third-order valence-electron chi connectivity index (χ3n) is 0.514. The summed E-state index contributed by atoms with van der Waals surface area (Å²) < 4.78 is 18.0. The molecule has 0 aliphatic rings. The number of amides is 1. The van der Waals surface area contributed by atoms with Gasteiger partial charge in [0, 0.05) is 0 Å². The average molecular weight is 172 g/mol. The summed E-state index contributed by atoms with van der Waals surface area (Å²) in [6.07, 6.45) is 0. The first-order valence-electron chi connectivity index (χ1n) is 2.07. The molecule has 0 aromatic heterocycles. The minimum Gasteiger partial charge on any atom is -0.341 e. The van der Waals surface area contributed by atoms with Crippen LogP contribution in [0.25, 0.3) is 0 Å². The van der Waals surface area contributed by atoms with Crippen molar-refractivity contribution < 1.29 is 13.6 Å². The van der Waals surface area contributed by atoms with Gasteiger partial charge in [-0.1, -0.05) is 0 Å². The Labute approximate surface area is 59.9 Å². The molecule has 6 heteroatoms. The van der Waals surface area contributed by atoms with Crippen LogP contribution in [0.4, 0.5) is 0 Å². The molecular formula is C3H6ClNO3S. The van der Waals surface area contributed by atoms with Crippen molar-refractivity contribution in [2.75, 3.05) is 11.8 Å². The molecule has 9 heavy (non-hydrogen) atoms. The Bertz CT molecular complexity index is 128. The highest BCUT2D eigenvalue weighted by molar-refractivity contribution is 7.79. The number of halogens is 1. The molecule has 0 spiro atoms. The Morgan fingerprint density at radius 3 is 2.67 bits per heavy atom. The van der Waals surface area contributed by atoms with Crippen molar-refractivity contribution in [2.45, 2.75) is 0 Å². The summed E-state index contributed by atoms with van der Waals surface area (Å²) in [5.41, 5.74) is 0. The summed E-state index contributed by atoms with van der Waals surface area (Å²) in [6.45, 7) is 0. The smallest absolute Gasteiger partial charge is 0.235 e. The Hall–Kier alpha value is -0.130. The molecule has 0 aromatic carbocycles. The first kappa shape index (κ1) is 8.87. The van der Waals surface area contributed by atoms with E-state index in [0.717, 1.165) is 0 Å². The minimum absolute atomic E-state index is 0.183. The molecule has 1 atom stereocenters. The number of carbonyl (C=O) groups is 1. The fourth-order valence-electron chi connectivity index (χ4n) is 0.189. The Morgan fingerprint density at radius 2 is 2.33 bits per heavy atom. The van der Waals surface area contributed by atoms with E-state index in [1.54, 1.807) is 0 Å². The van der Waals surface area contributed by atoms with Gasteiger partial charge in [0.1, 0.15) is 11.8 Å². The van der Waals surface area contributed by atoms with E-state index in [9.17, 15) is 9.00 Å². The summed E-state index contributed by atoms with van der Waals surface area (Å²) in [4.78, 5) is 10.2. The SMILES string of the molecule is O=C(CCl)NCS(=O)O. The zero-order valence-corrected chi connectivity index (χ0v) is 6.04. The molecule has 0 radical (unpaired) electrons. The van der Waals surface area contributed by atoms with Crippen molar-refractivity contribution in [3.63, 3.8) is 0 Å². The molecule has 4 nitrogen and oxygen atoms in total. The molecule has 2 N–H and O–H groups in total. The van der Waals surface area contributed by atoms with Gasteiger partial charge in [0.25, 0.3) is 0 Å². The van der Waals surface area contributed by atoms with Crippen LogP contribution in [0, 0.1) is 0 Å². The van der Waals surface area contributed by atoms with Gasteiger partial charge in [0.05, 0.1) is 0 Å². The molecule has 0 heterocycles. The van der Waals surface area contributed by atoms with Crippen LogP contribution in [0.5, 0.6) is 0 Å². The summed E-state index contributed by atoms with van der Waals surface area (Å²) >= 11 is 3.06. The van der Waals surface area contributed by atoms with Crippen LogP contribution in [0.3, 0.4) is 0 Å².